The number of amides is 2. The van der Waals surface area contributed by atoms with Crippen molar-refractivity contribution in [2.75, 3.05) is 16.2 Å². The summed E-state index contributed by atoms with van der Waals surface area (Å²) >= 11 is 0. The molecule has 2 amide bonds. The van der Waals surface area contributed by atoms with Crippen molar-refractivity contribution in [2.24, 2.45) is 5.10 Å². The highest BCUT2D eigenvalue weighted by Crippen LogP contribution is 2.33. The van der Waals surface area contributed by atoms with Crippen LogP contribution in [0.2, 0.25) is 0 Å². The molecular formula is C30H25F3N4O4S. The maximum absolute atomic E-state index is 13.4. The number of anilines is 2. The average molecular weight is 595 g/mol. The van der Waals surface area contributed by atoms with Crippen LogP contribution < -0.4 is 15.0 Å². The lowest BCUT2D eigenvalue weighted by Gasteiger charge is -2.24. The van der Waals surface area contributed by atoms with E-state index in [1.54, 1.807) is 67.6 Å². The van der Waals surface area contributed by atoms with Crippen LogP contribution in [0.15, 0.2) is 119 Å². The summed E-state index contributed by atoms with van der Waals surface area (Å²) in [4.78, 5) is 25.2. The molecule has 2 N–H and O–H groups in total. The molecule has 0 bridgehead atoms. The van der Waals surface area contributed by atoms with E-state index < -0.39 is 34.2 Å². The number of rotatable bonds is 9. The molecule has 0 aromatic heterocycles. The van der Waals surface area contributed by atoms with Gasteiger partial charge in [-0.1, -0.05) is 54.6 Å². The largest absolute Gasteiger partial charge is 0.416 e. The zero-order valence-electron chi connectivity index (χ0n) is 22.2. The molecule has 0 aliphatic carbocycles. The Morgan fingerprint density at radius 1 is 0.810 bits per heavy atom. The molecule has 4 rings (SSSR count). The van der Waals surface area contributed by atoms with Gasteiger partial charge in [-0.15, -0.1) is 0 Å². The van der Waals surface area contributed by atoms with Crippen LogP contribution in [0.4, 0.5) is 24.5 Å². The monoisotopic (exact) mass is 594 g/mol. The van der Waals surface area contributed by atoms with E-state index in [1.165, 1.54) is 30.3 Å². The third-order valence-electron chi connectivity index (χ3n) is 6.00. The zero-order valence-corrected chi connectivity index (χ0v) is 23.0. The van der Waals surface area contributed by atoms with Crippen LogP contribution in [0.3, 0.4) is 0 Å². The number of sulfonamides is 1. The minimum Gasteiger partial charge on any atom is -0.322 e. The Morgan fingerprint density at radius 3 is 2.10 bits per heavy atom. The Balaban J connectivity index is 1.54. The summed E-state index contributed by atoms with van der Waals surface area (Å²) in [7, 11) is -4.43. The zero-order chi connectivity index (χ0) is 30.3. The van der Waals surface area contributed by atoms with E-state index in [0.717, 1.165) is 12.1 Å². The van der Waals surface area contributed by atoms with Gasteiger partial charge in [0.05, 0.1) is 21.9 Å². The molecule has 0 aliphatic rings. The van der Waals surface area contributed by atoms with E-state index in [0.29, 0.717) is 32.9 Å². The number of carbonyl (C=O) groups excluding carboxylic acids is 2. The van der Waals surface area contributed by atoms with Gasteiger partial charge in [0, 0.05) is 11.3 Å². The molecule has 0 heterocycles. The first-order valence-electron chi connectivity index (χ1n) is 12.5. The molecule has 0 radical (unpaired) electrons. The van der Waals surface area contributed by atoms with E-state index in [4.69, 9.17) is 0 Å². The number of hydrazone groups is 1. The number of halogens is 3. The van der Waals surface area contributed by atoms with Gasteiger partial charge in [-0.3, -0.25) is 13.9 Å². The standard InChI is InChI=1S/C30H25F3N4O4S/c1-21(23-12-8-14-25(18-23)34-29(39)22-10-4-2-5-11-22)35-36-28(38)20-37(42(40,41)27-16-6-3-7-17-27)26-15-9-13-24(19-26)30(31,32)33/h2-19H,20H2,1H3,(H,34,39)(H,36,38)/b35-21-. The normalized spacial score (nSPS) is 12.0. The van der Waals surface area contributed by atoms with E-state index in [2.05, 4.69) is 15.8 Å². The Hall–Kier alpha value is -4.97. The SMILES string of the molecule is C/C(=N/NC(=O)CN(c1cccc(C(F)(F)F)c1)S(=O)(=O)c1ccccc1)c1cccc(NC(=O)c2ccccc2)c1. The van der Waals surface area contributed by atoms with Crippen molar-refractivity contribution in [3.63, 3.8) is 0 Å². The molecule has 0 unspecified atom stereocenters. The van der Waals surface area contributed by atoms with Gasteiger partial charge in [-0.05, 0) is 67.1 Å². The van der Waals surface area contributed by atoms with E-state index in [-0.39, 0.29) is 16.5 Å². The van der Waals surface area contributed by atoms with Crippen molar-refractivity contribution in [1.82, 2.24) is 5.43 Å². The third kappa shape index (κ3) is 7.40. The Kier molecular flexibility index (Phi) is 9.06. The van der Waals surface area contributed by atoms with Gasteiger partial charge in [-0.25, -0.2) is 13.8 Å². The first-order chi connectivity index (χ1) is 19.9. The molecule has 42 heavy (non-hydrogen) atoms. The highest BCUT2D eigenvalue weighted by molar-refractivity contribution is 7.92. The van der Waals surface area contributed by atoms with Crippen molar-refractivity contribution < 1.29 is 31.2 Å². The average Bonchev–Trinajstić information content (AvgIpc) is 2.99. The minimum absolute atomic E-state index is 0.204. The predicted octanol–water partition coefficient (Wildman–Crippen LogP) is 5.69. The van der Waals surface area contributed by atoms with Crippen LogP contribution in [0.5, 0.6) is 0 Å². The van der Waals surface area contributed by atoms with Crippen LogP contribution in [-0.2, 0) is 21.0 Å². The summed E-state index contributed by atoms with van der Waals surface area (Å²) in [5.74, 6) is -1.20. The molecule has 8 nitrogen and oxygen atoms in total. The van der Waals surface area contributed by atoms with Gasteiger partial charge in [0.1, 0.15) is 6.54 Å². The minimum atomic E-state index is -4.73. The summed E-state index contributed by atoms with van der Waals surface area (Å²) in [6.45, 7) is 0.742. The van der Waals surface area contributed by atoms with Crippen molar-refractivity contribution in [2.45, 2.75) is 18.0 Å². The lowest BCUT2D eigenvalue weighted by atomic mass is 10.1. The first kappa shape index (κ1) is 30.0. The maximum atomic E-state index is 13.4. The van der Waals surface area contributed by atoms with Crippen LogP contribution in [0.25, 0.3) is 0 Å². The number of carbonyl (C=O) groups is 2. The van der Waals surface area contributed by atoms with Crippen molar-refractivity contribution in [3.05, 3.63) is 126 Å². The molecule has 4 aromatic rings. The highest BCUT2D eigenvalue weighted by Gasteiger charge is 2.33. The first-order valence-corrected chi connectivity index (χ1v) is 13.9. The van der Waals surface area contributed by atoms with Gasteiger partial charge in [-0.2, -0.15) is 18.3 Å². The van der Waals surface area contributed by atoms with Crippen LogP contribution in [0.1, 0.15) is 28.4 Å². The van der Waals surface area contributed by atoms with E-state index in [1.807, 2.05) is 0 Å². The van der Waals surface area contributed by atoms with Crippen LogP contribution in [0, 0.1) is 0 Å². The summed E-state index contributed by atoms with van der Waals surface area (Å²) in [6, 6.07) is 26.1. The number of nitrogens with one attached hydrogen (secondary N) is 2. The molecular weight excluding hydrogens is 569 g/mol. The Labute approximate surface area is 240 Å². The number of hydrogen-bond donors (Lipinski definition) is 2. The fourth-order valence-corrected chi connectivity index (χ4v) is 5.30. The fraction of sp³-hybridized carbons (Fsp3) is 0.100. The summed E-state index contributed by atoms with van der Waals surface area (Å²) in [5, 5.41) is 6.81. The number of alkyl halides is 3. The van der Waals surface area contributed by atoms with E-state index >= 15 is 0 Å². The second-order valence-corrected chi connectivity index (χ2v) is 10.9. The van der Waals surface area contributed by atoms with Crippen molar-refractivity contribution >= 4 is 38.9 Å². The highest BCUT2D eigenvalue weighted by atomic mass is 32.2. The quantitative estimate of drug-likeness (QED) is 0.192. The molecule has 4 aromatic carbocycles. The second kappa shape index (κ2) is 12.7. The molecule has 0 atom stereocenters. The van der Waals surface area contributed by atoms with Crippen molar-refractivity contribution in [1.29, 1.82) is 0 Å². The number of nitrogens with zero attached hydrogens (tertiary/aromatic N) is 2. The predicted molar refractivity (Wildman–Crippen MR) is 154 cm³/mol. The molecule has 0 fully saturated rings. The molecule has 0 aliphatic heterocycles. The molecule has 216 valence electrons. The van der Waals surface area contributed by atoms with Gasteiger partial charge in [0.2, 0.25) is 0 Å². The number of benzene rings is 4. The van der Waals surface area contributed by atoms with Gasteiger partial charge in [0.15, 0.2) is 0 Å². The van der Waals surface area contributed by atoms with Crippen LogP contribution >= 0.6 is 0 Å². The van der Waals surface area contributed by atoms with Crippen LogP contribution in [-0.4, -0.2) is 32.5 Å². The molecule has 12 heteroatoms. The molecule has 0 saturated carbocycles. The summed E-state index contributed by atoms with van der Waals surface area (Å²) in [5.41, 5.74) is 2.69. The summed E-state index contributed by atoms with van der Waals surface area (Å²) < 4.78 is 67.6. The Bertz CT molecular complexity index is 1710. The van der Waals surface area contributed by atoms with Gasteiger partial charge >= 0.3 is 6.18 Å². The second-order valence-electron chi connectivity index (χ2n) is 9.01. The van der Waals surface area contributed by atoms with Gasteiger partial charge < -0.3 is 5.32 Å². The Morgan fingerprint density at radius 2 is 1.43 bits per heavy atom. The molecule has 0 saturated heterocycles. The van der Waals surface area contributed by atoms with Gasteiger partial charge in [0.25, 0.3) is 21.8 Å². The summed E-state index contributed by atoms with van der Waals surface area (Å²) in [6.07, 6.45) is -4.73. The maximum Gasteiger partial charge on any atom is 0.416 e. The third-order valence-corrected chi connectivity index (χ3v) is 7.79. The topological polar surface area (TPSA) is 108 Å². The number of hydrogen-bond acceptors (Lipinski definition) is 5. The van der Waals surface area contributed by atoms with Crippen molar-refractivity contribution in [3.8, 4) is 0 Å². The smallest absolute Gasteiger partial charge is 0.322 e. The lowest BCUT2D eigenvalue weighted by molar-refractivity contribution is -0.137. The van der Waals surface area contributed by atoms with E-state index in [9.17, 15) is 31.2 Å². The lowest BCUT2D eigenvalue weighted by Crippen LogP contribution is -2.39. The molecule has 0 spiro atoms. The fourth-order valence-electron chi connectivity index (χ4n) is 3.86.